The highest BCUT2D eigenvalue weighted by Crippen LogP contribution is 2.32. The molecule has 0 aliphatic carbocycles. The molecule has 0 amide bonds. The van der Waals surface area contributed by atoms with Crippen LogP contribution >= 0.6 is 11.8 Å². The van der Waals surface area contributed by atoms with Crippen molar-refractivity contribution in [2.45, 2.75) is 18.4 Å². The first-order valence-corrected chi connectivity index (χ1v) is 6.62. The third kappa shape index (κ3) is 2.36. The molecule has 1 unspecified atom stereocenters. The van der Waals surface area contributed by atoms with Crippen molar-refractivity contribution in [2.75, 3.05) is 24.2 Å². The monoisotopic (exact) mass is 253 g/mol. The summed E-state index contributed by atoms with van der Waals surface area (Å²) in [7, 11) is 0. The van der Waals surface area contributed by atoms with Crippen LogP contribution < -0.4 is 4.90 Å². The first-order valence-electron chi connectivity index (χ1n) is 5.39. The van der Waals surface area contributed by atoms with Gasteiger partial charge in [-0.15, -0.1) is 11.8 Å². The van der Waals surface area contributed by atoms with E-state index in [1.165, 1.54) is 11.8 Å². The summed E-state index contributed by atoms with van der Waals surface area (Å²) in [4.78, 5) is 21.7. The summed E-state index contributed by atoms with van der Waals surface area (Å²) in [6, 6.07) is 0. The molecule has 2 rings (SSSR count). The van der Waals surface area contributed by atoms with Crippen molar-refractivity contribution in [1.29, 1.82) is 0 Å². The Balaban J connectivity index is 2.17. The average molecular weight is 253 g/mol. The van der Waals surface area contributed by atoms with Gasteiger partial charge in [-0.1, -0.05) is 0 Å². The molecule has 1 aliphatic heterocycles. The third-order valence-corrected chi connectivity index (χ3v) is 3.74. The molecule has 1 aromatic heterocycles. The molecule has 0 saturated carbocycles. The standard InChI is InChI=1S/C11H15N3O2S/c1-11(10(15)16)3-4-14(7-11)8-5-12-6-9(13-8)17-2/h5-6H,3-4,7H2,1-2H3,(H,15,16). The van der Waals surface area contributed by atoms with Gasteiger partial charge in [0.05, 0.1) is 17.8 Å². The minimum absolute atomic E-state index is 0.495. The van der Waals surface area contributed by atoms with Crippen molar-refractivity contribution < 1.29 is 9.90 Å². The molecule has 1 N–H and O–H groups in total. The number of hydrogen-bond acceptors (Lipinski definition) is 5. The lowest BCUT2D eigenvalue weighted by Crippen LogP contribution is -2.32. The number of aliphatic carboxylic acids is 1. The summed E-state index contributed by atoms with van der Waals surface area (Å²) in [5, 5.41) is 10.0. The number of anilines is 1. The molecule has 1 aromatic rings. The number of carbonyl (C=O) groups is 1. The molecule has 1 atom stereocenters. The molecule has 92 valence electrons. The first-order chi connectivity index (χ1) is 8.05. The van der Waals surface area contributed by atoms with E-state index < -0.39 is 11.4 Å². The Labute approximate surface area is 104 Å². The van der Waals surface area contributed by atoms with Gasteiger partial charge in [-0.2, -0.15) is 0 Å². The molecule has 17 heavy (non-hydrogen) atoms. The average Bonchev–Trinajstić information content (AvgIpc) is 2.74. The largest absolute Gasteiger partial charge is 0.481 e. The van der Waals surface area contributed by atoms with Crippen LogP contribution in [0.1, 0.15) is 13.3 Å². The fourth-order valence-electron chi connectivity index (χ4n) is 1.92. The molecule has 1 saturated heterocycles. The van der Waals surface area contributed by atoms with Crippen LogP contribution in [0.5, 0.6) is 0 Å². The maximum Gasteiger partial charge on any atom is 0.311 e. The lowest BCUT2D eigenvalue weighted by atomic mass is 9.90. The van der Waals surface area contributed by atoms with Gasteiger partial charge in [0, 0.05) is 13.1 Å². The predicted octanol–water partition coefficient (Wildman–Crippen LogP) is 1.50. The van der Waals surface area contributed by atoms with Crippen molar-refractivity contribution in [3.63, 3.8) is 0 Å². The van der Waals surface area contributed by atoms with E-state index >= 15 is 0 Å². The van der Waals surface area contributed by atoms with Crippen LogP contribution in [0.2, 0.25) is 0 Å². The molecule has 0 bridgehead atoms. The van der Waals surface area contributed by atoms with E-state index in [0.717, 1.165) is 17.4 Å². The number of rotatable bonds is 3. The van der Waals surface area contributed by atoms with Gasteiger partial charge in [0.15, 0.2) is 0 Å². The van der Waals surface area contributed by atoms with Crippen molar-refractivity contribution in [3.8, 4) is 0 Å². The quantitative estimate of drug-likeness (QED) is 0.823. The molecule has 0 spiro atoms. The van der Waals surface area contributed by atoms with E-state index in [9.17, 15) is 9.90 Å². The lowest BCUT2D eigenvalue weighted by Gasteiger charge is -2.20. The van der Waals surface area contributed by atoms with Gasteiger partial charge in [0.1, 0.15) is 10.8 Å². The SMILES string of the molecule is CSc1cncc(N2CCC(C)(C(=O)O)C2)n1. The second-order valence-electron chi connectivity index (χ2n) is 4.46. The molecular weight excluding hydrogens is 238 g/mol. The minimum atomic E-state index is -0.742. The van der Waals surface area contributed by atoms with E-state index in [1.807, 2.05) is 11.2 Å². The van der Waals surface area contributed by atoms with Crippen molar-refractivity contribution in [3.05, 3.63) is 12.4 Å². The van der Waals surface area contributed by atoms with Crippen molar-refractivity contribution >= 4 is 23.5 Å². The van der Waals surface area contributed by atoms with Crippen LogP contribution in [-0.2, 0) is 4.79 Å². The van der Waals surface area contributed by atoms with Crippen LogP contribution in [0, 0.1) is 5.41 Å². The van der Waals surface area contributed by atoms with Gasteiger partial charge in [-0.25, -0.2) is 4.98 Å². The zero-order valence-electron chi connectivity index (χ0n) is 9.88. The van der Waals surface area contributed by atoms with Gasteiger partial charge < -0.3 is 10.0 Å². The number of aromatic nitrogens is 2. The zero-order valence-corrected chi connectivity index (χ0v) is 10.7. The summed E-state index contributed by atoms with van der Waals surface area (Å²) in [5.41, 5.74) is -0.670. The van der Waals surface area contributed by atoms with Crippen LogP contribution in [0.3, 0.4) is 0 Å². The Morgan fingerprint density at radius 3 is 2.94 bits per heavy atom. The number of carboxylic acids is 1. The Kier molecular flexibility index (Phi) is 3.24. The van der Waals surface area contributed by atoms with E-state index in [2.05, 4.69) is 9.97 Å². The summed E-state index contributed by atoms with van der Waals surface area (Å²) in [6.45, 7) is 2.99. The van der Waals surface area contributed by atoms with Gasteiger partial charge in [-0.05, 0) is 19.6 Å². The van der Waals surface area contributed by atoms with Crippen LogP contribution in [-0.4, -0.2) is 40.4 Å². The second-order valence-corrected chi connectivity index (χ2v) is 5.28. The summed E-state index contributed by atoms with van der Waals surface area (Å²) >= 11 is 1.53. The maximum absolute atomic E-state index is 11.2. The van der Waals surface area contributed by atoms with E-state index in [1.54, 1.807) is 19.3 Å². The van der Waals surface area contributed by atoms with Crippen LogP contribution in [0.25, 0.3) is 0 Å². The number of hydrogen-bond donors (Lipinski definition) is 1. The number of carboxylic acid groups (broad SMARTS) is 1. The van der Waals surface area contributed by atoms with Crippen molar-refractivity contribution in [2.24, 2.45) is 5.41 Å². The second kappa shape index (κ2) is 4.52. The topological polar surface area (TPSA) is 66.3 Å². The smallest absolute Gasteiger partial charge is 0.311 e. The maximum atomic E-state index is 11.2. The first kappa shape index (κ1) is 12.2. The highest BCUT2D eigenvalue weighted by molar-refractivity contribution is 7.98. The van der Waals surface area contributed by atoms with E-state index in [-0.39, 0.29) is 0 Å². The molecular formula is C11H15N3O2S. The van der Waals surface area contributed by atoms with Crippen molar-refractivity contribution in [1.82, 2.24) is 9.97 Å². The fourth-order valence-corrected chi connectivity index (χ4v) is 2.27. The van der Waals surface area contributed by atoms with Crippen LogP contribution in [0.15, 0.2) is 17.4 Å². The number of nitrogens with zero attached hydrogens (tertiary/aromatic N) is 3. The Hall–Kier alpha value is -1.30. The molecule has 1 aliphatic rings. The number of thioether (sulfide) groups is 1. The van der Waals surface area contributed by atoms with Gasteiger partial charge in [0.25, 0.3) is 0 Å². The Bertz CT molecular complexity index is 440. The van der Waals surface area contributed by atoms with E-state index in [0.29, 0.717) is 13.0 Å². The highest BCUT2D eigenvalue weighted by atomic mass is 32.2. The summed E-state index contributed by atoms with van der Waals surface area (Å²) in [5.74, 6) is 0.0239. The molecule has 6 heteroatoms. The molecule has 1 fully saturated rings. The van der Waals surface area contributed by atoms with Gasteiger partial charge >= 0.3 is 5.97 Å². The minimum Gasteiger partial charge on any atom is -0.481 e. The zero-order chi connectivity index (χ0) is 12.5. The summed E-state index contributed by atoms with van der Waals surface area (Å²) < 4.78 is 0. The normalized spacial score (nSPS) is 24.0. The fraction of sp³-hybridized carbons (Fsp3) is 0.545. The predicted molar refractivity (Wildman–Crippen MR) is 66.4 cm³/mol. The molecule has 5 nitrogen and oxygen atoms in total. The molecule has 2 heterocycles. The molecule has 0 radical (unpaired) electrons. The third-order valence-electron chi connectivity index (χ3n) is 3.12. The van der Waals surface area contributed by atoms with Gasteiger partial charge in [0.2, 0.25) is 0 Å². The Morgan fingerprint density at radius 1 is 1.59 bits per heavy atom. The Morgan fingerprint density at radius 2 is 2.35 bits per heavy atom. The lowest BCUT2D eigenvalue weighted by molar-refractivity contribution is -0.146. The molecule has 0 aromatic carbocycles. The summed E-state index contributed by atoms with van der Waals surface area (Å²) in [6.07, 6.45) is 5.99. The van der Waals surface area contributed by atoms with Gasteiger partial charge in [-0.3, -0.25) is 9.78 Å². The van der Waals surface area contributed by atoms with Crippen LogP contribution in [0.4, 0.5) is 5.82 Å². The highest BCUT2D eigenvalue weighted by Gasteiger charge is 2.40. The van der Waals surface area contributed by atoms with E-state index in [4.69, 9.17) is 0 Å².